The van der Waals surface area contributed by atoms with Crippen molar-refractivity contribution < 1.29 is 5.11 Å². The molecule has 0 spiro atoms. The van der Waals surface area contributed by atoms with E-state index in [4.69, 9.17) is 11.6 Å². The van der Waals surface area contributed by atoms with E-state index in [-0.39, 0.29) is 16.3 Å². The van der Waals surface area contributed by atoms with E-state index >= 15 is 0 Å². The first-order valence-corrected chi connectivity index (χ1v) is 12.7. The van der Waals surface area contributed by atoms with E-state index in [1.807, 2.05) is 73.1 Å². The number of benzene rings is 2. The number of hydrogen-bond acceptors (Lipinski definition) is 5. The maximum atomic E-state index is 12.9. The smallest absolute Gasteiger partial charge is 0.282 e. The topological polar surface area (TPSA) is 86.7 Å². The highest BCUT2D eigenvalue weighted by Gasteiger charge is 2.25. The highest BCUT2D eigenvalue weighted by Crippen LogP contribution is 2.39. The van der Waals surface area contributed by atoms with Gasteiger partial charge >= 0.3 is 0 Å². The average molecular weight is 509 g/mol. The molecule has 0 aliphatic heterocycles. The molecular weight excluding hydrogens is 488 g/mol. The quantitative estimate of drug-likeness (QED) is 0.248. The Kier molecular flexibility index (Phi) is 6.12. The van der Waals surface area contributed by atoms with Gasteiger partial charge in [-0.05, 0) is 59.5 Å². The number of nitrogens with one attached hydrogen (secondary N) is 2. The second-order valence-electron chi connectivity index (χ2n) is 7.89. The van der Waals surface area contributed by atoms with Gasteiger partial charge in [0, 0.05) is 16.2 Å². The Bertz CT molecular complexity index is 1480. The van der Waals surface area contributed by atoms with Gasteiger partial charge in [-0.15, -0.1) is 0 Å². The molecule has 0 aliphatic rings. The lowest BCUT2D eigenvalue weighted by atomic mass is 9.97. The van der Waals surface area contributed by atoms with Gasteiger partial charge in [0.15, 0.2) is 0 Å². The number of H-pyrrole nitrogens is 2. The van der Waals surface area contributed by atoms with Gasteiger partial charge < -0.3 is 5.11 Å². The SMILES string of the molecule is Cc1n[nH]c(C)c1-c1ccc(C(c2ccsc2)n2[nH]c(=O)c(Sc3ccccc3Cl)c2O)cc1. The van der Waals surface area contributed by atoms with Crippen molar-refractivity contribution in [3.63, 3.8) is 0 Å². The fourth-order valence-corrected chi connectivity index (χ4v) is 5.86. The van der Waals surface area contributed by atoms with Gasteiger partial charge in [-0.25, -0.2) is 4.68 Å². The van der Waals surface area contributed by atoms with Crippen molar-refractivity contribution in [2.24, 2.45) is 0 Å². The van der Waals surface area contributed by atoms with Gasteiger partial charge in [-0.2, -0.15) is 16.4 Å². The van der Waals surface area contributed by atoms with Crippen LogP contribution in [0.1, 0.15) is 28.6 Å². The van der Waals surface area contributed by atoms with Crippen LogP contribution in [0.3, 0.4) is 0 Å². The third-order valence-corrected chi connectivity index (χ3v) is 7.96. The molecule has 0 saturated heterocycles. The highest BCUT2D eigenvalue weighted by atomic mass is 35.5. The van der Waals surface area contributed by atoms with Crippen molar-refractivity contribution in [3.05, 3.63) is 103 Å². The number of thiophene rings is 1. The van der Waals surface area contributed by atoms with E-state index in [1.54, 1.807) is 17.4 Å². The minimum absolute atomic E-state index is 0.128. The Morgan fingerprint density at radius 2 is 1.85 bits per heavy atom. The van der Waals surface area contributed by atoms with Crippen molar-refractivity contribution in [2.45, 2.75) is 29.7 Å². The van der Waals surface area contributed by atoms with Crippen LogP contribution in [0.4, 0.5) is 0 Å². The normalized spacial score (nSPS) is 12.2. The van der Waals surface area contributed by atoms with Gasteiger partial charge in [0.1, 0.15) is 10.9 Å². The van der Waals surface area contributed by atoms with Gasteiger partial charge in [-0.3, -0.25) is 15.0 Å². The van der Waals surface area contributed by atoms with E-state index in [0.717, 1.165) is 45.4 Å². The summed E-state index contributed by atoms with van der Waals surface area (Å²) in [6, 6.07) is 16.9. The molecule has 0 amide bonds. The summed E-state index contributed by atoms with van der Waals surface area (Å²) in [5.41, 5.74) is 5.59. The van der Waals surface area contributed by atoms with Crippen LogP contribution in [0.25, 0.3) is 11.1 Å². The summed E-state index contributed by atoms with van der Waals surface area (Å²) in [6.45, 7) is 3.97. The van der Waals surface area contributed by atoms with Gasteiger partial charge in [-0.1, -0.05) is 59.8 Å². The van der Waals surface area contributed by atoms with Crippen LogP contribution < -0.4 is 5.56 Å². The maximum Gasteiger partial charge on any atom is 0.282 e. The average Bonchev–Trinajstić information content (AvgIpc) is 3.54. The summed E-state index contributed by atoms with van der Waals surface area (Å²) >= 11 is 8.99. The maximum absolute atomic E-state index is 12.9. The Labute approximate surface area is 209 Å². The van der Waals surface area contributed by atoms with Gasteiger partial charge in [0.05, 0.1) is 10.7 Å². The molecule has 172 valence electrons. The van der Waals surface area contributed by atoms with Crippen LogP contribution in [0.15, 0.2) is 79.9 Å². The summed E-state index contributed by atoms with van der Waals surface area (Å²) in [4.78, 5) is 13.8. The molecule has 34 heavy (non-hydrogen) atoms. The monoisotopic (exact) mass is 508 g/mol. The largest absolute Gasteiger partial charge is 0.493 e. The number of aromatic hydroxyl groups is 1. The first-order valence-electron chi connectivity index (χ1n) is 10.5. The molecule has 1 unspecified atom stereocenters. The minimum Gasteiger partial charge on any atom is -0.493 e. The summed E-state index contributed by atoms with van der Waals surface area (Å²) in [7, 11) is 0. The second kappa shape index (κ2) is 9.21. The first-order chi connectivity index (χ1) is 16.4. The summed E-state index contributed by atoms with van der Waals surface area (Å²) < 4.78 is 1.52. The summed E-state index contributed by atoms with van der Waals surface area (Å²) in [5.74, 6) is -0.128. The molecule has 3 heterocycles. The van der Waals surface area contributed by atoms with Crippen molar-refractivity contribution in [2.75, 3.05) is 0 Å². The third-order valence-electron chi connectivity index (χ3n) is 5.67. The van der Waals surface area contributed by atoms with Crippen LogP contribution in [0, 0.1) is 13.8 Å². The second-order valence-corrected chi connectivity index (χ2v) is 10.1. The van der Waals surface area contributed by atoms with E-state index in [1.165, 1.54) is 4.68 Å². The van der Waals surface area contributed by atoms with Crippen molar-refractivity contribution in [1.82, 2.24) is 20.0 Å². The zero-order valence-corrected chi connectivity index (χ0v) is 20.8. The lowest BCUT2D eigenvalue weighted by Crippen LogP contribution is -2.15. The predicted octanol–water partition coefficient (Wildman–Crippen LogP) is 6.39. The van der Waals surface area contributed by atoms with Crippen LogP contribution in [-0.2, 0) is 0 Å². The Balaban J connectivity index is 1.57. The number of nitrogens with zero attached hydrogens (tertiary/aromatic N) is 2. The number of rotatable bonds is 6. The summed E-state index contributed by atoms with van der Waals surface area (Å²) in [6.07, 6.45) is 0. The Hall–Kier alpha value is -3.20. The van der Waals surface area contributed by atoms with E-state index < -0.39 is 6.04 Å². The fraction of sp³-hybridized carbons (Fsp3) is 0.120. The van der Waals surface area contributed by atoms with Crippen LogP contribution in [-0.4, -0.2) is 25.1 Å². The number of aryl methyl sites for hydroxylation is 2. The molecule has 0 fully saturated rings. The van der Waals surface area contributed by atoms with Crippen molar-refractivity contribution in [3.8, 4) is 17.0 Å². The molecule has 0 bridgehead atoms. The van der Waals surface area contributed by atoms with Crippen LogP contribution in [0.2, 0.25) is 5.02 Å². The Morgan fingerprint density at radius 3 is 2.50 bits per heavy atom. The molecule has 2 aromatic carbocycles. The lowest BCUT2D eigenvalue weighted by molar-refractivity contribution is 0.385. The number of hydrogen-bond donors (Lipinski definition) is 3. The molecule has 3 N–H and O–H groups in total. The molecule has 0 radical (unpaired) electrons. The minimum atomic E-state index is -0.403. The molecule has 5 rings (SSSR count). The number of aromatic amines is 2. The lowest BCUT2D eigenvalue weighted by Gasteiger charge is -2.19. The first kappa shape index (κ1) is 22.6. The van der Waals surface area contributed by atoms with Crippen LogP contribution in [0.5, 0.6) is 5.88 Å². The molecule has 0 aliphatic carbocycles. The molecule has 1 atom stereocenters. The third kappa shape index (κ3) is 4.09. The van der Waals surface area contributed by atoms with E-state index in [2.05, 4.69) is 15.3 Å². The standard InChI is InChI=1S/C25H21ClN4O2S2/c1-14-21(15(2)28-27-14)16-7-9-17(10-8-16)22(18-11-12-33-13-18)30-25(32)23(24(31)29-30)34-20-6-4-3-5-19(20)26/h3-13,22,32H,1-2H3,(H,27,28)(H,29,31). The zero-order chi connectivity index (χ0) is 23.8. The van der Waals surface area contributed by atoms with Crippen molar-refractivity contribution in [1.29, 1.82) is 0 Å². The predicted molar refractivity (Wildman–Crippen MR) is 137 cm³/mol. The molecule has 3 aromatic heterocycles. The number of aromatic nitrogens is 4. The fourth-order valence-electron chi connectivity index (χ4n) is 4.07. The zero-order valence-electron chi connectivity index (χ0n) is 18.4. The molecule has 9 heteroatoms. The van der Waals surface area contributed by atoms with Crippen molar-refractivity contribution >= 4 is 34.7 Å². The molecule has 5 aromatic rings. The number of halogens is 1. The van der Waals surface area contributed by atoms with Gasteiger partial charge in [0.25, 0.3) is 5.56 Å². The Morgan fingerprint density at radius 1 is 1.09 bits per heavy atom. The molecule has 0 saturated carbocycles. The van der Waals surface area contributed by atoms with E-state index in [0.29, 0.717) is 9.92 Å². The molecular formula is C25H21ClN4O2S2. The summed E-state index contributed by atoms with van der Waals surface area (Å²) in [5, 5.41) is 25.8. The van der Waals surface area contributed by atoms with Crippen LogP contribution >= 0.6 is 34.7 Å². The molecule has 6 nitrogen and oxygen atoms in total. The van der Waals surface area contributed by atoms with Gasteiger partial charge in [0.2, 0.25) is 5.88 Å². The highest BCUT2D eigenvalue weighted by molar-refractivity contribution is 7.99. The van der Waals surface area contributed by atoms with E-state index in [9.17, 15) is 9.90 Å².